The molecule has 2 heterocycles. The second-order valence-corrected chi connectivity index (χ2v) is 13.8. The van der Waals surface area contributed by atoms with Gasteiger partial charge in [-0.2, -0.15) is 0 Å². The van der Waals surface area contributed by atoms with Crippen molar-refractivity contribution in [2.24, 2.45) is 0 Å². The zero-order valence-corrected chi connectivity index (χ0v) is 24.8. The van der Waals surface area contributed by atoms with Crippen molar-refractivity contribution in [1.29, 1.82) is 0 Å². The first-order valence-electron chi connectivity index (χ1n) is 13.8. The molecule has 1 aliphatic carbocycles. The monoisotopic (exact) mass is 576 g/mol. The van der Waals surface area contributed by atoms with E-state index in [9.17, 15) is 0 Å². The first kappa shape index (κ1) is 25.9. The van der Waals surface area contributed by atoms with E-state index in [0.717, 1.165) is 0 Å². The van der Waals surface area contributed by atoms with Gasteiger partial charge in [0.2, 0.25) is 0 Å². The highest BCUT2D eigenvalue weighted by atomic mass is 79.9. The minimum Gasteiger partial charge on any atom is -0.134 e. The molecular formula is C33H37BrS2. The molecule has 0 spiro atoms. The lowest BCUT2D eigenvalue weighted by molar-refractivity contribution is 0.401. The van der Waals surface area contributed by atoms with Gasteiger partial charge in [-0.3, -0.25) is 0 Å². The molecule has 0 bridgehead atoms. The Balaban J connectivity index is 1.54. The van der Waals surface area contributed by atoms with Crippen LogP contribution in [0.15, 0.2) is 70.5 Å². The fourth-order valence-electron chi connectivity index (χ4n) is 6.05. The average molecular weight is 578 g/mol. The van der Waals surface area contributed by atoms with E-state index in [1.54, 1.807) is 11.1 Å². The van der Waals surface area contributed by atoms with E-state index in [-0.39, 0.29) is 5.41 Å². The van der Waals surface area contributed by atoms with Crippen molar-refractivity contribution >= 4 is 38.6 Å². The van der Waals surface area contributed by atoms with Gasteiger partial charge < -0.3 is 0 Å². The van der Waals surface area contributed by atoms with Crippen LogP contribution in [0.2, 0.25) is 0 Å². The van der Waals surface area contributed by atoms with Gasteiger partial charge in [0.1, 0.15) is 0 Å². The largest absolute Gasteiger partial charge is 0.134 e. The molecule has 3 heteroatoms. The van der Waals surface area contributed by atoms with E-state index in [2.05, 4.69) is 96.5 Å². The quantitative estimate of drug-likeness (QED) is 0.147. The molecule has 0 saturated carbocycles. The van der Waals surface area contributed by atoms with Crippen molar-refractivity contribution in [3.63, 3.8) is 0 Å². The van der Waals surface area contributed by atoms with Gasteiger partial charge in [0.25, 0.3) is 0 Å². The highest BCUT2D eigenvalue weighted by molar-refractivity contribution is 9.11. The molecule has 2 aromatic heterocycles. The summed E-state index contributed by atoms with van der Waals surface area (Å²) in [6, 6.07) is 25.6. The van der Waals surface area contributed by atoms with E-state index in [1.165, 1.54) is 99.3 Å². The molecule has 0 atom stereocenters. The second-order valence-electron chi connectivity index (χ2n) is 10.3. The van der Waals surface area contributed by atoms with Crippen LogP contribution in [0.1, 0.15) is 89.2 Å². The SMILES string of the molecule is CCCCCCC1(CCCCCC)c2ccccc2-c2ccc(-c3ccc(-c4ccc(Br)s4)s3)cc21. The lowest BCUT2D eigenvalue weighted by Crippen LogP contribution is -2.25. The summed E-state index contributed by atoms with van der Waals surface area (Å²) in [5, 5.41) is 0. The van der Waals surface area contributed by atoms with Crippen LogP contribution < -0.4 is 0 Å². The van der Waals surface area contributed by atoms with E-state index in [4.69, 9.17) is 0 Å². The molecule has 0 saturated heterocycles. The van der Waals surface area contributed by atoms with Crippen LogP contribution in [0.25, 0.3) is 31.3 Å². The fraction of sp³-hybridized carbons (Fsp3) is 0.394. The highest BCUT2D eigenvalue weighted by Crippen LogP contribution is 2.55. The summed E-state index contributed by atoms with van der Waals surface area (Å²) in [4.78, 5) is 4.07. The van der Waals surface area contributed by atoms with Crippen molar-refractivity contribution in [1.82, 2.24) is 0 Å². The smallest absolute Gasteiger partial charge is 0.0705 e. The topological polar surface area (TPSA) is 0 Å². The highest BCUT2D eigenvalue weighted by Gasteiger charge is 2.42. The van der Waals surface area contributed by atoms with Crippen LogP contribution >= 0.6 is 38.6 Å². The minimum absolute atomic E-state index is 0.155. The average Bonchev–Trinajstić information content (AvgIpc) is 3.62. The predicted octanol–water partition coefficient (Wildman–Crippen LogP) is 12.1. The van der Waals surface area contributed by atoms with Crippen LogP contribution in [0.3, 0.4) is 0 Å². The fourth-order valence-corrected chi connectivity index (χ4v) is 8.53. The van der Waals surface area contributed by atoms with Crippen LogP contribution in [0.4, 0.5) is 0 Å². The van der Waals surface area contributed by atoms with Crippen molar-refractivity contribution in [3.05, 3.63) is 81.6 Å². The Morgan fingerprint density at radius 2 is 1.25 bits per heavy atom. The van der Waals surface area contributed by atoms with Gasteiger partial charge in [-0.05, 0) is 86.9 Å². The number of unbranched alkanes of at least 4 members (excludes halogenated alkanes) is 6. The van der Waals surface area contributed by atoms with Gasteiger partial charge in [0.05, 0.1) is 3.79 Å². The van der Waals surface area contributed by atoms with Crippen LogP contribution in [-0.2, 0) is 5.41 Å². The third kappa shape index (κ3) is 5.17. The van der Waals surface area contributed by atoms with Crippen molar-refractivity contribution in [2.75, 3.05) is 0 Å². The van der Waals surface area contributed by atoms with Crippen molar-refractivity contribution in [3.8, 4) is 31.3 Å². The Hall–Kier alpha value is -1.68. The zero-order chi connectivity index (χ0) is 25.0. The summed E-state index contributed by atoms with van der Waals surface area (Å²) in [6.07, 6.45) is 13.1. The lowest BCUT2D eigenvalue weighted by Gasteiger charge is -2.33. The third-order valence-corrected chi connectivity index (χ3v) is 10.8. The Morgan fingerprint density at radius 1 is 0.611 bits per heavy atom. The molecule has 0 nitrogen and oxygen atoms in total. The summed E-state index contributed by atoms with van der Waals surface area (Å²) in [7, 11) is 0. The van der Waals surface area contributed by atoms with E-state index in [1.807, 2.05) is 22.7 Å². The Morgan fingerprint density at radius 3 is 1.94 bits per heavy atom. The van der Waals surface area contributed by atoms with Gasteiger partial charge in [-0.25, -0.2) is 0 Å². The zero-order valence-electron chi connectivity index (χ0n) is 21.6. The van der Waals surface area contributed by atoms with Crippen molar-refractivity contribution < 1.29 is 0 Å². The van der Waals surface area contributed by atoms with Gasteiger partial charge in [-0.1, -0.05) is 102 Å². The van der Waals surface area contributed by atoms with Gasteiger partial charge in [-0.15, -0.1) is 22.7 Å². The predicted molar refractivity (Wildman–Crippen MR) is 165 cm³/mol. The Labute approximate surface area is 233 Å². The molecule has 188 valence electrons. The molecule has 0 fully saturated rings. The number of rotatable bonds is 12. The minimum atomic E-state index is 0.155. The molecule has 0 amide bonds. The summed E-state index contributed by atoms with van der Waals surface area (Å²) in [5.74, 6) is 0. The molecule has 0 aliphatic heterocycles. The lowest BCUT2D eigenvalue weighted by atomic mass is 9.70. The summed E-state index contributed by atoms with van der Waals surface area (Å²) in [6.45, 7) is 4.63. The molecule has 1 aliphatic rings. The number of hydrogen-bond acceptors (Lipinski definition) is 2. The molecule has 5 rings (SSSR count). The maximum Gasteiger partial charge on any atom is 0.0705 e. The number of hydrogen-bond donors (Lipinski definition) is 0. The van der Waals surface area contributed by atoms with Crippen LogP contribution in [0.5, 0.6) is 0 Å². The Bertz CT molecular complexity index is 1280. The first-order chi connectivity index (χ1) is 17.7. The molecule has 36 heavy (non-hydrogen) atoms. The van der Waals surface area contributed by atoms with E-state index in [0.29, 0.717) is 0 Å². The molecular weight excluding hydrogens is 540 g/mol. The van der Waals surface area contributed by atoms with Crippen LogP contribution in [0, 0.1) is 0 Å². The summed E-state index contributed by atoms with van der Waals surface area (Å²) < 4.78 is 1.19. The standard InChI is InChI=1S/C33H37BrS2/c1-3-5-7-11-21-33(22-12-8-6-4-2)27-14-10-9-13-25(27)26-16-15-24(23-28(26)33)29-17-18-30(35-29)31-19-20-32(34)36-31/h9-10,13-20,23H,3-8,11-12,21-22H2,1-2H3. The maximum atomic E-state index is 3.63. The first-order valence-corrected chi connectivity index (χ1v) is 16.2. The summed E-state index contributed by atoms with van der Waals surface area (Å²) >= 11 is 7.36. The second kappa shape index (κ2) is 11.8. The van der Waals surface area contributed by atoms with E-state index < -0.39 is 0 Å². The number of thiophene rings is 2. The normalized spacial score (nSPS) is 13.6. The number of halogens is 1. The van der Waals surface area contributed by atoms with Gasteiger partial charge in [0.15, 0.2) is 0 Å². The van der Waals surface area contributed by atoms with Gasteiger partial charge in [0, 0.05) is 20.0 Å². The number of fused-ring (bicyclic) bond motifs is 3. The molecule has 4 aromatic rings. The van der Waals surface area contributed by atoms with E-state index >= 15 is 0 Å². The molecule has 0 radical (unpaired) electrons. The number of benzene rings is 2. The molecule has 0 N–H and O–H groups in total. The van der Waals surface area contributed by atoms with Gasteiger partial charge >= 0.3 is 0 Å². The molecule has 0 unspecified atom stereocenters. The molecule has 2 aromatic carbocycles. The Kier molecular flexibility index (Phi) is 8.50. The third-order valence-electron chi connectivity index (χ3n) is 7.89. The summed E-state index contributed by atoms with van der Waals surface area (Å²) in [5.41, 5.74) is 7.64. The van der Waals surface area contributed by atoms with Crippen molar-refractivity contribution in [2.45, 2.75) is 83.5 Å². The van der Waals surface area contributed by atoms with Crippen LogP contribution in [-0.4, -0.2) is 0 Å². The maximum absolute atomic E-state index is 3.63.